The van der Waals surface area contributed by atoms with Crippen molar-refractivity contribution >= 4 is 13.1 Å². The monoisotopic (exact) mass is 300 g/mol. The number of aliphatic carboxylic acids is 1. The van der Waals surface area contributed by atoms with Crippen molar-refractivity contribution < 1.29 is 19.9 Å². The summed E-state index contributed by atoms with van der Waals surface area (Å²) >= 11 is 0. The first-order valence-corrected chi connectivity index (χ1v) is 7.72. The second-order valence-electron chi connectivity index (χ2n) is 7.27. The van der Waals surface area contributed by atoms with E-state index in [1.165, 1.54) is 0 Å². The normalized spacial score (nSPS) is 28.2. The van der Waals surface area contributed by atoms with Gasteiger partial charge in [-0.1, -0.05) is 12.8 Å². The molecule has 1 aliphatic rings. The van der Waals surface area contributed by atoms with Crippen LogP contribution in [0.4, 0.5) is 0 Å². The molecule has 0 spiro atoms. The van der Waals surface area contributed by atoms with Crippen LogP contribution in [-0.4, -0.2) is 39.9 Å². The lowest BCUT2D eigenvalue weighted by atomic mass is 9.69. The van der Waals surface area contributed by atoms with Crippen molar-refractivity contribution in [2.45, 2.75) is 64.5 Å². The Morgan fingerprint density at radius 1 is 1.38 bits per heavy atom. The fraction of sp³-hybridized carbons (Fsp3) is 0.929. The van der Waals surface area contributed by atoms with Crippen LogP contribution in [0.15, 0.2) is 0 Å². The number of carbonyl (C=O) groups is 1. The molecule has 1 fully saturated rings. The lowest BCUT2D eigenvalue weighted by Crippen LogP contribution is -2.55. The number of carboxylic acids is 1. The molecule has 0 aromatic carbocycles. The summed E-state index contributed by atoms with van der Waals surface area (Å²) in [7, 11) is -1.31. The molecule has 0 aliphatic heterocycles. The van der Waals surface area contributed by atoms with E-state index in [4.69, 9.17) is 15.8 Å². The number of hydrogen-bond acceptors (Lipinski definition) is 5. The highest BCUT2D eigenvalue weighted by atomic mass is 16.4. The van der Waals surface area contributed by atoms with Crippen LogP contribution in [0.3, 0.4) is 0 Å². The largest absolute Gasteiger partial charge is 0.481 e. The molecule has 6 nitrogen and oxygen atoms in total. The summed E-state index contributed by atoms with van der Waals surface area (Å²) in [5, 5.41) is 30.6. The SMILES string of the molecule is CC(C)(C)NC(N)[C@@H]1CC[C@@H](CCB(O)O)C[C@@H]1C(=O)O. The lowest BCUT2D eigenvalue weighted by Gasteiger charge is -2.39. The molecule has 0 saturated heterocycles. The molecular weight excluding hydrogens is 271 g/mol. The van der Waals surface area contributed by atoms with Gasteiger partial charge in [0.1, 0.15) is 0 Å². The average molecular weight is 300 g/mol. The van der Waals surface area contributed by atoms with Crippen LogP contribution >= 0.6 is 0 Å². The van der Waals surface area contributed by atoms with Crippen molar-refractivity contribution in [2.75, 3.05) is 0 Å². The quantitative estimate of drug-likeness (QED) is 0.363. The van der Waals surface area contributed by atoms with E-state index in [-0.39, 0.29) is 23.5 Å². The molecule has 0 radical (unpaired) electrons. The van der Waals surface area contributed by atoms with Crippen LogP contribution in [0.1, 0.15) is 46.5 Å². The van der Waals surface area contributed by atoms with Gasteiger partial charge in [-0.2, -0.15) is 0 Å². The van der Waals surface area contributed by atoms with E-state index in [2.05, 4.69) is 5.32 Å². The molecule has 7 heteroatoms. The summed E-state index contributed by atoms with van der Waals surface area (Å²) in [6, 6.07) is 0. The molecule has 4 atom stereocenters. The molecule has 6 N–H and O–H groups in total. The molecule has 122 valence electrons. The first-order chi connectivity index (χ1) is 9.60. The summed E-state index contributed by atoms with van der Waals surface area (Å²) in [4.78, 5) is 11.5. The molecule has 0 heterocycles. The minimum absolute atomic E-state index is 0.0861. The van der Waals surface area contributed by atoms with Crippen LogP contribution in [0.5, 0.6) is 0 Å². The minimum Gasteiger partial charge on any atom is -0.481 e. The van der Waals surface area contributed by atoms with Gasteiger partial charge in [0.05, 0.1) is 12.1 Å². The molecule has 0 amide bonds. The highest BCUT2D eigenvalue weighted by Crippen LogP contribution is 2.37. The third-order valence-electron chi connectivity index (χ3n) is 4.22. The van der Waals surface area contributed by atoms with Crippen molar-refractivity contribution in [2.24, 2.45) is 23.5 Å². The van der Waals surface area contributed by atoms with Gasteiger partial charge in [0.2, 0.25) is 0 Å². The minimum atomic E-state index is -1.31. The third kappa shape index (κ3) is 6.34. The zero-order valence-corrected chi connectivity index (χ0v) is 13.2. The van der Waals surface area contributed by atoms with Crippen molar-refractivity contribution in [1.29, 1.82) is 0 Å². The fourth-order valence-electron chi connectivity index (χ4n) is 3.25. The van der Waals surface area contributed by atoms with E-state index in [9.17, 15) is 9.90 Å². The number of nitrogens with two attached hydrogens (primary N) is 1. The fourth-order valence-corrected chi connectivity index (χ4v) is 3.25. The highest BCUT2D eigenvalue weighted by molar-refractivity contribution is 6.40. The Hall–Kier alpha value is -0.625. The maximum atomic E-state index is 11.5. The Labute approximate surface area is 127 Å². The van der Waals surface area contributed by atoms with Gasteiger partial charge in [-0.25, -0.2) is 0 Å². The van der Waals surface area contributed by atoms with Crippen LogP contribution < -0.4 is 11.1 Å². The van der Waals surface area contributed by atoms with Crippen molar-refractivity contribution in [3.63, 3.8) is 0 Å². The number of nitrogens with one attached hydrogen (secondary N) is 1. The Bertz CT molecular complexity index is 346. The Kier molecular flexibility index (Phi) is 6.65. The Morgan fingerprint density at radius 2 is 2.00 bits per heavy atom. The summed E-state index contributed by atoms with van der Waals surface area (Å²) in [6.45, 7) is 6.03. The van der Waals surface area contributed by atoms with Gasteiger partial charge < -0.3 is 20.9 Å². The van der Waals surface area contributed by atoms with E-state index in [1.807, 2.05) is 20.8 Å². The third-order valence-corrected chi connectivity index (χ3v) is 4.22. The van der Waals surface area contributed by atoms with E-state index < -0.39 is 19.0 Å². The number of rotatable bonds is 6. The van der Waals surface area contributed by atoms with Gasteiger partial charge in [-0.05, 0) is 45.9 Å². The van der Waals surface area contributed by atoms with Crippen molar-refractivity contribution in [3.05, 3.63) is 0 Å². The molecule has 0 aromatic rings. The maximum Gasteiger partial charge on any atom is 0.451 e. The lowest BCUT2D eigenvalue weighted by molar-refractivity contribution is -0.146. The Morgan fingerprint density at radius 3 is 2.48 bits per heavy atom. The first kappa shape index (κ1) is 18.4. The standard InChI is InChI=1S/C14H29BN2O4/c1-14(2,3)17-12(16)10-5-4-9(6-7-15(20)21)8-11(10)13(18)19/h9-12,17,20-21H,4-8,16H2,1-3H3,(H,18,19)/t9-,10+,11-,12?/m0/s1. The van der Waals surface area contributed by atoms with Crippen LogP contribution in [0.25, 0.3) is 0 Å². The summed E-state index contributed by atoms with van der Waals surface area (Å²) in [5.74, 6) is -1.13. The van der Waals surface area contributed by atoms with Crippen molar-refractivity contribution in [3.8, 4) is 0 Å². The van der Waals surface area contributed by atoms with Gasteiger partial charge in [0, 0.05) is 11.5 Å². The van der Waals surface area contributed by atoms with Crippen LogP contribution in [0.2, 0.25) is 6.32 Å². The summed E-state index contributed by atoms with van der Waals surface area (Å²) < 4.78 is 0. The highest BCUT2D eigenvalue weighted by Gasteiger charge is 2.39. The Balaban J connectivity index is 2.64. The average Bonchev–Trinajstić information content (AvgIpc) is 2.33. The van der Waals surface area contributed by atoms with Crippen molar-refractivity contribution in [1.82, 2.24) is 5.32 Å². The van der Waals surface area contributed by atoms with E-state index in [1.54, 1.807) is 0 Å². The zero-order chi connectivity index (χ0) is 16.2. The second-order valence-corrected chi connectivity index (χ2v) is 7.27. The maximum absolute atomic E-state index is 11.5. The molecule has 1 unspecified atom stereocenters. The predicted octanol–water partition coefficient (Wildman–Crippen LogP) is 0.639. The predicted molar refractivity (Wildman–Crippen MR) is 82.4 cm³/mol. The van der Waals surface area contributed by atoms with Gasteiger partial charge in [-0.3, -0.25) is 10.1 Å². The number of hydrogen-bond donors (Lipinski definition) is 5. The van der Waals surface area contributed by atoms with Gasteiger partial charge >= 0.3 is 13.1 Å². The smallest absolute Gasteiger partial charge is 0.451 e. The summed E-state index contributed by atoms with van der Waals surface area (Å²) in [6.07, 6.45) is 2.82. The molecule has 0 bridgehead atoms. The summed E-state index contributed by atoms with van der Waals surface area (Å²) in [5.41, 5.74) is 6.02. The van der Waals surface area contributed by atoms with Crippen LogP contribution in [0, 0.1) is 17.8 Å². The van der Waals surface area contributed by atoms with Gasteiger partial charge in [-0.15, -0.1) is 0 Å². The second kappa shape index (κ2) is 7.58. The molecule has 21 heavy (non-hydrogen) atoms. The molecular formula is C14H29BN2O4. The van der Waals surface area contributed by atoms with Gasteiger partial charge in [0.15, 0.2) is 0 Å². The van der Waals surface area contributed by atoms with Gasteiger partial charge in [0.25, 0.3) is 0 Å². The van der Waals surface area contributed by atoms with Crippen LogP contribution in [-0.2, 0) is 4.79 Å². The molecule has 1 aliphatic carbocycles. The molecule has 0 aromatic heterocycles. The molecule has 1 saturated carbocycles. The zero-order valence-electron chi connectivity index (χ0n) is 13.2. The number of carboxylic acid groups (broad SMARTS) is 1. The van der Waals surface area contributed by atoms with E-state index >= 15 is 0 Å². The van der Waals surface area contributed by atoms with E-state index in [0.717, 1.165) is 12.8 Å². The molecule has 1 rings (SSSR count). The topological polar surface area (TPSA) is 116 Å². The van der Waals surface area contributed by atoms with E-state index in [0.29, 0.717) is 19.2 Å². The first-order valence-electron chi connectivity index (χ1n) is 7.72.